The van der Waals surface area contributed by atoms with E-state index in [9.17, 15) is 9.59 Å². The van der Waals surface area contributed by atoms with E-state index in [2.05, 4.69) is 10.1 Å². The number of hydrogen-bond acceptors (Lipinski definition) is 3. The van der Waals surface area contributed by atoms with Crippen molar-refractivity contribution in [2.24, 2.45) is 0 Å². The second kappa shape index (κ2) is 3.44. The summed E-state index contributed by atoms with van der Waals surface area (Å²) < 4.78 is 1.78. The molecule has 6 heteroatoms. The summed E-state index contributed by atoms with van der Waals surface area (Å²) in [6.07, 6.45) is 4.87. The average molecular weight is 233 g/mol. The monoisotopic (exact) mass is 233 g/mol. The van der Waals surface area contributed by atoms with Crippen LogP contribution in [0.1, 0.15) is 35.7 Å². The highest BCUT2D eigenvalue weighted by Crippen LogP contribution is 2.32. The number of aromatic nitrogens is 3. The largest absolute Gasteiger partial charge is 0.477 e. The molecule has 0 aliphatic heterocycles. The van der Waals surface area contributed by atoms with E-state index in [1.54, 1.807) is 10.9 Å². The van der Waals surface area contributed by atoms with E-state index in [1.165, 1.54) is 12.5 Å². The molecular weight excluding hydrogens is 222 g/mol. The first-order valence-electron chi connectivity index (χ1n) is 5.50. The molecule has 1 saturated carbocycles. The van der Waals surface area contributed by atoms with Crippen LogP contribution >= 0.6 is 0 Å². The highest BCUT2D eigenvalue weighted by atomic mass is 16.4. The number of carboxylic acid groups (broad SMARTS) is 1. The molecule has 3 rings (SSSR count). The van der Waals surface area contributed by atoms with E-state index in [0.29, 0.717) is 17.1 Å². The summed E-state index contributed by atoms with van der Waals surface area (Å²) in [5, 5.41) is 13.7. The number of H-pyrrole nitrogens is 1. The van der Waals surface area contributed by atoms with E-state index >= 15 is 0 Å². The van der Waals surface area contributed by atoms with Gasteiger partial charge in [0.05, 0.1) is 12.2 Å². The van der Waals surface area contributed by atoms with Gasteiger partial charge in [0.25, 0.3) is 5.56 Å². The normalized spacial score (nSPS) is 16.0. The van der Waals surface area contributed by atoms with Gasteiger partial charge in [-0.25, -0.2) is 9.48 Å². The molecule has 0 spiro atoms. The Hall–Kier alpha value is -2.11. The summed E-state index contributed by atoms with van der Waals surface area (Å²) in [7, 11) is 0. The van der Waals surface area contributed by atoms with Gasteiger partial charge in [0.2, 0.25) is 0 Å². The number of hydrogen-bond donors (Lipinski definition) is 2. The molecule has 88 valence electrons. The van der Waals surface area contributed by atoms with E-state index in [1.807, 2.05) is 0 Å². The highest BCUT2D eigenvalue weighted by Gasteiger charge is 2.23. The molecule has 0 saturated heterocycles. The Kier molecular flexibility index (Phi) is 2.04. The quantitative estimate of drug-likeness (QED) is 0.814. The van der Waals surface area contributed by atoms with Crippen LogP contribution in [-0.4, -0.2) is 25.8 Å². The number of rotatable bonds is 2. The van der Waals surface area contributed by atoms with Crippen molar-refractivity contribution < 1.29 is 9.90 Å². The van der Waals surface area contributed by atoms with E-state index < -0.39 is 11.5 Å². The molecule has 0 bridgehead atoms. The third-order valence-electron chi connectivity index (χ3n) is 3.25. The van der Waals surface area contributed by atoms with E-state index in [4.69, 9.17) is 5.11 Å². The van der Waals surface area contributed by atoms with Crippen molar-refractivity contribution in [1.29, 1.82) is 0 Å². The van der Waals surface area contributed by atoms with Gasteiger partial charge in [-0.05, 0) is 25.3 Å². The van der Waals surface area contributed by atoms with Gasteiger partial charge in [0.1, 0.15) is 11.2 Å². The highest BCUT2D eigenvalue weighted by molar-refractivity contribution is 5.91. The number of nitrogens with one attached hydrogen (secondary N) is 1. The Balaban J connectivity index is 2.20. The summed E-state index contributed by atoms with van der Waals surface area (Å²) in [4.78, 5) is 25.0. The second-order valence-electron chi connectivity index (χ2n) is 4.30. The summed E-state index contributed by atoms with van der Waals surface area (Å²) in [5.41, 5.74) is -0.207. The van der Waals surface area contributed by atoms with Gasteiger partial charge in [-0.15, -0.1) is 0 Å². The molecule has 2 aromatic heterocycles. The van der Waals surface area contributed by atoms with Gasteiger partial charge in [-0.1, -0.05) is 0 Å². The Morgan fingerprint density at radius 2 is 2.29 bits per heavy atom. The average Bonchev–Trinajstić information content (AvgIpc) is 2.58. The molecule has 6 nitrogen and oxygen atoms in total. The predicted octanol–water partition coefficient (Wildman–Crippen LogP) is 1.15. The first-order valence-corrected chi connectivity index (χ1v) is 5.50. The molecule has 0 amide bonds. The van der Waals surface area contributed by atoms with Crippen LogP contribution in [0.4, 0.5) is 0 Å². The summed E-state index contributed by atoms with van der Waals surface area (Å²) in [6.45, 7) is 0. The fourth-order valence-electron chi connectivity index (χ4n) is 2.07. The summed E-state index contributed by atoms with van der Waals surface area (Å²) >= 11 is 0. The lowest BCUT2D eigenvalue weighted by Gasteiger charge is -2.25. The van der Waals surface area contributed by atoms with Crippen LogP contribution in [0.3, 0.4) is 0 Å². The Morgan fingerprint density at radius 3 is 2.88 bits per heavy atom. The third kappa shape index (κ3) is 1.44. The van der Waals surface area contributed by atoms with Crippen molar-refractivity contribution in [3.63, 3.8) is 0 Å². The molecule has 0 radical (unpaired) electrons. The number of carboxylic acids is 1. The molecule has 2 aromatic rings. The van der Waals surface area contributed by atoms with Gasteiger partial charge in [-0.2, -0.15) is 5.10 Å². The van der Waals surface area contributed by atoms with Crippen molar-refractivity contribution in [1.82, 2.24) is 14.8 Å². The summed E-state index contributed by atoms with van der Waals surface area (Å²) in [6, 6.07) is 1.71. The predicted molar refractivity (Wildman–Crippen MR) is 60.2 cm³/mol. The third-order valence-corrected chi connectivity index (χ3v) is 3.25. The van der Waals surface area contributed by atoms with Crippen molar-refractivity contribution in [2.45, 2.75) is 25.3 Å². The van der Waals surface area contributed by atoms with Crippen LogP contribution in [0.5, 0.6) is 0 Å². The summed E-state index contributed by atoms with van der Waals surface area (Å²) in [5.74, 6) is -1.22. The standard InChI is InChI=1S/C11H11N3O3/c15-10-8(11(16)17)4-6-5-12-14(9(6)13-10)7-2-1-3-7/h4-5,7H,1-3H2,(H,13,15)(H,16,17). The number of aromatic carboxylic acids is 1. The van der Waals surface area contributed by atoms with Crippen molar-refractivity contribution in [2.75, 3.05) is 0 Å². The maximum absolute atomic E-state index is 11.6. The molecule has 0 unspecified atom stereocenters. The molecule has 0 aromatic carbocycles. The minimum absolute atomic E-state index is 0.245. The molecule has 0 atom stereocenters. The van der Waals surface area contributed by atoms with E-state index in [0.717, 1.165) is 12.8 Å². The van der Waals surface area contributed by atoms with Gasteiger partial charge < -0.3 is 10.1 Å². The maximum Gasteiger partial charge on any atom is 0.341 e. The van der Waals surface area contributed by atoms with Gasteiger partial charge in [-0.3, -0.25) is 4.79 Å². The molecule has 1 aliphatic carbocycles. The van der Waals surface area contributed by atoms with Gasteiger partial charge in [0.15, 0.2) is 0 Å². The van der Waals surface area contributed by atoms with E-state index in [-0.39, 0.29) is 5.56 Å². The lowest BCUT2D eigenvalue weighted by atomic mass is 9.93. The Labute approximate surface area is 95.9 Å². The fraction of sp³-hybridized carbons (Fsp3) is 0.364. The molecule has 1 aliphatic rings. The van der Waals surface area contributed by atoms with Crippen LogP contribution in [0.15, 0.2) is 17.1 Å². The topological polar surface area (TPSA) is 88.0 Å². The van der Waals surface area contributed by atoms with Crippen LogP contribution in [0, 0.1) is 0 Å². The number of fused-ring (bicyclic) bond motifs is 1. The van der Waals surface area contributed by atoms with Crippen LogP contribution < -0.4 is 5.56 Å². The zero-order valence-electron chi connectivity index (χ0n) is 9.01. The number of aromatic amines is 1. The molecule has 17 heavy (non-hydrogen) atoms. The minimum atomic E-state index is -1.22. The molecular formula is C11H11N3O3. The maximum atomic E-state index is 11.6. The molecule has 2 N–H and O–H groups in total. The van der Waals surface area contributed by atoms with Gasteiger partial charge in [0, 0.05) is 5.39 Å². The van der Waals surface area contributed by atoms with Crippen molar-refractivity contribution in [3.05, 3.63) is 28.2 Å². The zero-order chi connectivity index (χ0) is 12.0. The van der Waals surface area contributed by atoms with Crippen molar-refractivity contribution >= 4 is 17.0 Å². The molecule has 1 fully saturated rings. The van der Waals surface area contributed by atoms with Crippen molar-refractivity contribution in [3.8, 4) is 0 Å². The first-order chi connectivity index (χ1) is 8.16. The zero-order valence-corrected chi connectivity index (χ0v) is 9.01. The number of pyridine rings is 1. The SMILES string of the molecule is O=C(O)c1cc2cnn(C3CCC3)c2[nH]c1=O. The Morgan fingerprint density at radius 1 is 1.53 bits per heavy atom. The smallest absolute Gasteiger partial charge is 0.341 e. The number of carbonyl (C=O) groups is 1. The van der Waals surface area contributed by atoms with Crippen LogP contribution in [0.25, 0.3) is 11.0 Å². The van der Waals surface area contributed by atoms with Crippen LogP contribution in [-0.2, 0) is 0 Å². The fourth-order valence-corrected chi connectivity index (χ4v) is 2.07. The van der Waals surface area contributed by atoms with Crippen LogP contribution in [0.2, 0.25) is 0 Å². The lowest BCUT2D eigenvalue weighted by molar-refractivity contribution is 0.0695. The first kappa shape index (κ1) is 10.1. The Bertz CT molecular complexity index is 652. The lowest BCUT2D eigenvalue weighted by Crippen LogP contribution is -2.21. The molecule has 2 heterocycles. The second-order valence-corrected chi connectivity index (χ2v) is 4.30. The minimum Gasteiger partial charge on any atom is -0.477 e. The number of nitrogens with zero attached hydrogens (tertiary/aromatic N) is 2. The van der Waals surface area contributed by atoms with Gasteiger partial charge >= 0.3 is 5.97 Å².